The molecule has 0 aliphatic carbocycles. The molecule has 8 heteroatoms. The Morgan fingerprint density at radius 1 is 1.32 bits per heavy atom. The third kappa shape index (κ3) is 2.95. The van der Waals surface area contributed by atoms with Crippen LogP contribution >= 0.6 is 23.2 Å². The molecule has 1 fully saturated rings. The second kappa shape index (κ2) is 5.76. The number of anilines is 1. The van der Waals surface area contributed by atoms with Gasteiger partial charge in [0.25, 0.3) is 0 Å². The summed E-state index contributed by atoms with van der Waals surface area (Å²) in [6.07, 6.45) is 3.96. The molecule has 0 unspecified atom stereocenters. The highest BCUT2D eigenvalue weighted by molar-refractivity contribution is 6.30. The molecule has 1 atom stereocenters. The van der Waals surface area contributed by atoms with Crippen molar-refractivity contribution >= 4 is 39.9 Å². The minimum Gasteiger partial charge on any atom is -0.388 e. The van der Waals surface area contributed by atoms with Gasteiger partial charge in [0.1, 0.15) is 11.3 Å². The van der Waals surface area contributed by atoms with Crippen LogP contribution in [0.4, 0.5) is 10.2 Å². The van der Waals surface area contributed by atoms with E-state index < -0.39 is 11.4 Å². The average Bonchev–Trinajstić information content (AvgIpc) is 2.63. The summed E-state index contributed by atoms with van der Waals surface area (Å²) in [6, 6.07) is 0. The van der Waals surface area contributed by atoms with Crippen LogP contribution in [0.5, 0.6) is 0 Å². The molecule has 1 N–H and O–H groups in total. The zero-order valence-electron chi connectivity index (χ0n) is 12.0. The molecular formula is C14H15Cl2FN4O. The maximum atomic E-state index is 14.1. The molecule has 0 spiro atoms. The van der Waals surface area contributed by atoms with Crippen molar-refractivity contribution in [3.63, 3.8) is 0 Å². The molecule has 0 amide bonds. The monoisotopic (exact) mass is 344 g/mol. The molecule has 3 rings (SSSR count). The van der Waals surface area contributed by atoms with E-state index in [0.29, 0.717) is 30.7 Å². The largest absolute Gasteiger partial charge is 0.388 e. The van der Waals surface area contributed by atoms with Gasteiger partial charge in [-0.15, -0.1) is 0 Å². The van der Waals surface area contributed by atoms with Crippen LogP contribution in [0.1, 0.15) is 26.2 Å². The normalized spacial score (nSPS) is 22.9. The molecule has 1 saturated heterocycles. The average molecular weight is 345 g/mol. The fourth-order valence-electron chi connectivity index (χ4n) is 2.79. The highest BCUT2D eigenvalue weighted by atomic mass is 35.5. The topological polar surface area (TPSA) is 62.1 Å². The zero-order valence-corrected chi connectivity index (χ0v) is 13.5. The Labute approximate surface area is 137 Å². The Bertz CT molecular complexity index is 726. The zero-order chi connectivity index (χ0) is 15.9. The summed E-state index contributed by atoms with van der Waals surface area (Å²) in [5, 5.41) is 10.5. The van der Waals surface area contributed by atoms with Gasteiger partial charge < -0.3 is 10.0 Å². The molecule has 0 radical (unpaired) electrons. The second-order valence-corrected chi connectivity index (χ2v) is 6.51. The van der Waals surface area contributed by atoms with E-state index in [4.69, 9.17) is 23.2 Å². The first-order valence-corrected chi connectivity index (χ1v) is 7.77. The molecule has 1 aliphatic rings. The Hall–Kier alpha value is -1.24. The van der Waals surface area contributed by atoms with Crippen LogP contribution in [-0.2, 0) is 0 Å². The number of rotatable bonds is 1. The van der Waals surface area contributed by atoms with Crippen LogP contribution in [0.25, 0.3) is 10.9 Å². The molecule has 0 saturated carbocycles. The van der Waals surface area contributed by atoms with Crippen molar-refractivity contribution < 1.29 is 9.50 Å². The molecule has 2 aromatic heterocycles. The van der Waals surface area contributed by atoms with Crippen molar-refractivity contribution in [3.05, 3.63) is 22.5 Å². The SMILES string of the molecule is C[C@@]1(O)CCCCN(c2nc(Cl)nc3c(F)c(Cl)ncc23)C1. The molecular weight excluding hydrogens is 330 g/mol. The number of aromatic nitrogens is 3. The number of fused-ring (bicyclic) bond motifs is 1. The van der Waals surface area contributed by atoms with Crippen molar-refractivity contribution in [1.82, 2.24) is 15.0 Å². The molecule has 22 heavy (non-hydrogen) atoms. The van der Waals surface area contributed by atoms with Crippen LogP contribution in [0.2, 0.25) is 10.4 Å². The van der Waals surface area contributed by atoms with E-state index in [1.54, 1.807) is 6.92 Å². The van der Waals surface area contributed by atoms with Gasteiger partial charge in [0.2, 0.25) is 5.28 Å². The summed E-state index contributed by atoms with van der Waals surface area (Å²) in [7, 11) is 0. The van der Waals surface area contributed by atoms with E-state index in [1.165, 1.54) is 6.20 Å². The van der Waals surface area contributed by atoms with Gasteiger partial charge in [-0.1, -0.05) is 11.6 Å². The third-order valence-electron chi connectivity index (χ3n) is 3.82. The first kappa shape index (κ1) is 15.6. The van der Waals surface area contributed by atoms with E-state index in [2.05, 4.69) is 15.0 Å². The molecule has 5 nitrogen and oxygen atoms in total. The van der Waals surface area contributed by atoms with Crippen molar-refractivity contribution in [3.8, 4) is 0 Å². The smallest absolute Gasteiger partial charge is 0.225 e. The maximum Gasteiger partial charge on any atom is 0.225 e. The number of pyridine rings is 1. The van der Waals surface area contributed by atoms with Crippen LogP contribution in [0, 0.1) is 5.82 Å². The molecule has 0 aromatic carbocycles. The van der Waals surface area contributed by atoms with Gasteiger partial charge >= 0.3 is 0 Å². The highest BCUT2D eigenvalue weighted by Crippen LogP contribution is 2.31. The van der Waals surface area contributed by atoms with E-state index in [9.17, 15) is 9.50 Å². The number of β-amino-alcohol motifs (C(OH)–C–C–N with tert-alkyl or cyclic N) is 1. The van der Waals surface area contributed by atoms with Crippen LogP contribution in [0.15, 0.2) is 6.20 Å². The lowest BCUT2D eigenvalue weighted by Crippen LogP contribution is -2.39. The van der Waals surface area contributed by atoms with Gasteiger partial charge in [-0.25, -0.2) is 14.4 Å². The van der Waals surface area contributed by atoms with Crippen LogP contribution in [-0.4, -0.2) is 38.7 Å². The number of hydrogen-bond acceptors (Lipinski definition) is 5. The maximum absolute atomic E-state index is 14.1. The van der Waals surface area contributed by atoms with Gasteiger partial charge in [-0.3, -0.25) is 0 Å². The summed E-state index contributed by atoms with van der Waals surface area (Å²) < 4.78 is 14.1. The minimum absolute atomic E-state index is 0.0406. The number of aliphatic hydroxyl groups is 1. The fourth-order valence-corrected chi connectivity index (χ4v) is 3.10. The second-order valence-electron chi connectivity index (χ2n) is 5.82. The Morgan fingerprint density at radius 3 is 2.86 bits per heavy atom. The number of halogens is 3. The van der Waals surface area contributed by atoms with Gasteiger partial charge in [-0.2, -0.15) is 4.98 Å². The molecule has 118 valence electrons. The van der Waals surface area contributed by atoms with Crippen LogP contribution in [0.3, 0.4) is 0 Å². The summed E-state index contributed by atoms with van der Waals surface area (Å²) in [6.45, 7) is 2.87. The summed E-state index contributed by atoms with van der Waals surface area (Å²) in [5.41, 5.74) is -0.794. The quantitative estimate of drug-likeness (QED) is 0.635. The Balaban J connectivity index is 2.15. The van der Waals surface area contributed by atoms with E-state index in [1.807, 2.05) is 4.90 Å². The van der Waals surface area contributed by atoms with Gasteiger partial charge in [-0.05, 0) is 37.8 Å². The minimum atomic E-state index is -0.835. The Morgan fingerprint density at radius 2 is 2.09 bits per heavy atom. The highest BCUT2D eigenvalue weighted by Gasteiger charge is 2.29. The summed E-state index contributed by atoms with van der Waals surface area (Å²) >= 11 is 11.6. The molecule has 2 aromatic rings. The predicted octanol–water partition coefficient (Wildman–Crippen LogP) is 3.21. The first-order valence-electron chi connectivity index (χ1n) is 7.02. The van der Waals surface area contributed by atoms with Crippen LogP contribution < -0.4 is 4.90 Å². The van der Waals surface area contributed by atoms with Crippen molar-refractivity contribution in [2.75, 3.05) is 18.0 Å². The van der Waals surface area contributed by atoms with Crippen molar-refractivity contribution in [2.45, 2.75) is 31.8 Å². The van der Waals surface area contributed by atoms with E-state index >= 15 is 0 Å². The lowest BCUT2D eigenvalue weighted by atomic mass is 10.0. The van der Waals surface area contributed by atoms with E-state index in [-0.39, 0.29) is 16.0 Å². The predicted molar refractivity (Wildman–Crippen MR) is 84.0 cm³/mol. The standard InChI is InChI=1S/C14H15Cl2FN4O/c1-14(22)4-2-3-5-21(7-14)12-8-6-18-11(15)9(17)10(8)19-13(16)20-12/h6,22H,2-5,7H2,1H3/t14-/m1/s1. The third-order valence-corrected chi connectivity index (χ3v) is 4.25. The number of hydrogen-bond donors (Lipinski definition) is 1. The fraction of sp³-hybridized carbons (Fsp3) is 0.500. The molecule has 0 bridgehead atoms. The first-order chi connectivity index (χ1) is 10.4. The lowest BCUT2D eigenvalue weighted by molar-refractivity contribution is 0.0612. The van der Waals surface area contributed by atoms with E-state index in [0.717, 1.165) is 12.8 Å². The van der Waals surface area contributed by atoms with Gasteiger partial charge in [0, 0.05) is 19.3 Å². The molecule has 3 heterocycles. The molecule has 1 aliphatic heterocycles. The van der Waals surface area contributed by atoms with Gasteiger partial charge in [0.15, 0.2) is 11.0 Å². The lowest BCUT2D eigenvalue weighted by Gasteiger charge is -2.29. The Kier molecular flexibility index (Phi) is 4.09. The van der Waals surface area contributed by atoms with Gasteiger partial charge in [0.05, 0.1) is 11.0 Å². The van der Waals surface area contributed by atoms with Crippen molar-refractivity contribution in [1.29, 1.82) is 0 Å². The summed E-state index contributed by atoms with van der Waals surface area (Å²) in [5.74, 6) is -0.244. The summed E-state index contributed by atoms with van der Waals surface area (Å²) in [4.78, 5) is 13.9. The van der Waals surface area contributed by atoms with Crippen molar-refractivity contribution in [2.24, 2.45) is 0 Å². The number of nitrogens with zero attached hydrogens (tertiary/aromatic N) is 4.